The third kappa shape index (κ3) is 4.07. The average molecular weight is 399 g/mol. The molecule has 0 saturated carbocycles. The van der Waals surface area contributed by atoms with E-state index < -0.39 is 0 Å². The largest absolute Gasteiger partial charge is 0.497 e. The molecule has 0 spiro atoms. The van der Waals surface area contributed by atoms with E-state index in [1.807, 2.05) is 60.7 Å². The van der Waals surface area contributed by atoms with Gasteiger partial charge < -0.3 is 9.47 Å². The number of rotatable bonds is 6. The molecule has 0 saturated heterocycles. The molecule has 0 N–H and O–H groups in total. The van der Waals surface area contributed by atoms with Crippen LogP contribution < -0.4 is 15.0 Å². The van der Waals surface area contributed by atoms with Gasteiger partial charge >= 0.3 is 0 Å². The molecular formula is C24H21N3O3. The molecule has 0 aliphatic heterocycles. The molecule has 0 amide bonds. The summed E-state index contributed by atoms with van der Waals surface area (Å²) in [5.74, 6) is 1.51. The molecule has 2 aromatic heterocycles. The molecule has 0 bridgehead atoms. The van der Waals surface area contributed by atoms with Crippen LogP contribution in [0.5, 0.6) is 11.5 Å². The summed E-state index contributed by atoms with van der Waals surface area (Å²) in [5, 5.41) is 4.72. The van der Waals surface area contributed by atoms with E-state index >= 15 is 0 Å². The summed E-state index contributed by atoms with van der Waals surface area (Å²) in [4.78, 5) is 17.0. The maximum Gasteiger partial charge on any atom is 0.267 e. The van der Waals surface area contributed by atoms with Crippen molar-refractivity contribution in [1.82, 2.24) is 14.8 Å². The quantitative estimate of drug-likeness (QED) is 0.490. The van der Waals surface area contributed by atoms with Crippen LogP contribution in [0.1, 0.15) is 5.56 Å². The van der Waals surface area contributed by atoms with Crippen molar-refractivity contribution in [2.24, 2.45) is 0 Å². The Labute approximate surface area is 174 Å². The number of ether oxygens (including phenoxy) is 2. The van der Waals surface area contributed by atoms with Gasteiger partial charge in [-0.2, -0.15) is 5.10 Å². The van der Waals surface area contributed by atoms with Crippen molar-refractivity contribution in [3.63, 3.8) is 0 Å². The van der Waals surface area contributed by atoms with Crippen molar-refractivity contribution in [3.05, 3.63) is 95.0 Å². The lowest BCUT2D eigenvalue weighted by molar-refractivity contribution is 0.414. The second kappa shape index (κ2) is 8.61. The Morgan fingerprint density at radius 1 is 0.867 bits per heavy atom. The van der Waals surface area contributed by atoms with Crippen LogP contribution in [0.25, 0.3) is 22.4 Å². The average Bonchev–Trinajstić information content (AvgIpc) is 2.81. The van der Waals surface area contributed by atoms with E-state index in [0.717, 1.165) is 33.8 Å². The zero-order valence-corrected chi connectivity index (χ0v) is 16.8. The molecule has 0 atom stereocenters. The molecule has 0 radical (unpaired) electrons. The molecule has 2 aromatic carbocycles. The fourth-order valence-electron chi connectivity index (χ4n) is 3.22. The summed E-state index contributed by atoms with van der Waals surface area (Å²) in [5.41, 5.74) is 3.98. The van der Waals surface area contributed by atoms with Crippen LogP contribution in [0.2, 0.25) is 0 Å². The Bertz CT molecular complexity index is 1190. The summed E-state index contributed by atoms with van der Waals surface area (Å²) < 4.78 is 12.0. The second-order valence-corrected chi connectivity index (χ2v) is 6.72. The molecule has 4 aromatic rings. The van der Waals surface area contributed by atoms with E-state index in [9.17, 15) is 4.79 Å². The summed E-state index contributed by atoms with van der Waals surface area (Å²) in [6, 6.07) is 20.6. The Morgan fingerprint density at radius 2 is 1.50 bits per heavy atom. The zero-order chi connectivity index (χ0) is 20.9. The topological polar surface area (TPSA) is 66.2 Å². The maximum atomic E-state index is 12.9. The first kappa shape index (κ1) is 19.4. The van der Waals surface area contributed by atoms with Crippen LogP contribution in [0.3, 0.4) is 0 Å². The minimum Gasteiger partial charge on any atom is -0.497 e. The molecule has 0 unspecified atom stereocenters. The van der Waals surface area contributed by atoms with Crippen molar-refractivity contribution >= 4 is 0 Å². The maximum absolute atomic E-state index is 12.9. The van der Waals surface area contributed by atoms with Gasteiger partial charge in [0.25, 0.3) is 5.56 Å². The normalized spacial score (nSPS) is 10.6. The second-order valence-electron chi connectivity index (χ2n) is 6.72. The van der Waals surface area contributed by atoms with Crippen molar-refractivity contribution in [3.8, 4) is 33.9 Å². The van der Waals surface area contributed by atoms with Gasteiger partial charge in [0.2, 0.25) is 0 Å². The van der Waals surface area contributed by atoms with E-state index in [4.69, 9.17) is 14.6 Å². The standard InChI is InChI=1S/C24H21N3O3/c1-29-20-9-5-18(6-10-20)22-14-23(28)27(16-17-4-3-13-25-15-17)26-24(22)19-7-11-21(30-2)12-8-19/h3-15H,16H2,1-2H3. The minimum atomic E-state index is -0.179. The SMILES string of the molecule is COc1ccc(-c2cc(=O)n(Cc3cccnc3)nc2-c2ccc(OC)cc2)cc1. The smallest absolute Gasteiger partial charge is 0.267 e. The van der Waals surface area contributed by atoms with Gasteiger partial charge in [-0.15, -0.1) is 0 Å². The van der Waals surface area contributed by atoms with E-state index in [0.29, 0.717) is 12.2 Å². The molecule has 6 heteroatoms. The third-order valence-electron chi connectivity index (χ3n) is 4.82. The van der Waals surface area contributed by atoms with Crippen LogP contribution in [-0.2, 0) is 6.54 Å². The van der Waals surface area contributed by atoms with E-state index in [2.05, 4.69) is 4.98 Å². The van der Waals surface area contributed by atoms with Crippen LogP contribution in [0.4, 0.5) is 0 Å². The van der Waals surface area contributed by atoms with Crippen molar-refractivity contribution in [1.29, 1.82) is 0 Å². The fraction of sp³-hybridized carbons (Fsp3) is 0.125. The molecule has 2 heterocycles. The first-order chi connectivity index (χ1) is 14.7. The van der Waals surface area contributed by atoms with E-state index in [1.165, 1.54) is 4.68 Å². The summed E-state index contributed by atoms with van der Waals surface area (Å²) in [6.45, 7) is 0.346. The van der Waals surface area contributed by atoms with Crippen molar-refractivity contribution in [2.45, 2.75) is 6.54 Å². The van der Waals surface area contributed by atoms with Gasteiger partial charge in [-0.1, -0.05) is 18.2 Å². The highest BCUT2D eigenvalue weighted by atomic mass is 16.5. The lowest BCUT2D eigenvalue weighted by Gasteiger charge is -2.13. The molecule has 4 rings (SSSR count). The number of pyridine rings is 1. The lowest BCUT2D eigenvalue weighted by Crippen LogP contribution is -2.24. The zero-order valence-electron chi connectivity index (χ0n) is 16.8. The number of hydrogen-bond donors (Lipinski definition) is 0. The van der Waals surface area contributed by atoms with Crippen LogP contribution >= 0.6 is 0 Å². The predicted octanol–water partition coefficient (Wildman–Crippen LogP) is 4.04. The first-order valence-corrected chi connectivity index (χ1v) is 9.48. The number of hydrogen-bond acceptors (Lipinski definition) is 5. The summed E-state index contributed by atoms with van der Waals surface area (Å²) in [7, 11) is 3.25. The van der Waals surface area contributed by atoms with Gasteiger partial charge in [0.15, 0.2) is 0 Å². The Balaban J connectivity index is 1.85. The highest BCUT2D eigenvalue weighted by Gasteiger charge is 2.14. The third-order valence-corrected chi connectivity index (χ3v) is 4.82. The summed E-state index contributed by atoms with van der Waals surface area (Å²) >= 11 is 0. The Morgan fingerprint density at radius 3 is 2.07 bits per heavy atom. The Hall–Kier alpha value is -3.93. The Kier molecular flexibility index (Phi) is 5.57. The molecule has 30 heavy (non-hydrogen) atoms. The fourth-order valence-corrected chi connectivity index (χ4v) is 3.22. The van der Waals surface area contributed by atoms with Crippen LogP contribution in [-0.4, -0.2) is 29.0 Å². The summed E-state index contributed by atoms with van der Waals surface area (Å²) in [6.07, 6.45) is 3.44. The van der Waals surface area contributed by atoms with E-state index in [-0.39, 0.29) is 5.56 Å². The van der Waals surface area contributed by atoms with Gasteiger partial charge in [0.1, 0.15) is 11.5 Å². The number of nitrogens with zero attached hydrogens (tertiary/aromatic N) is 3. The highest BCUT2D eigenvalue weighted by Crippen LogP contribution is 2.31. The molecule has 150 valence electrons. The van der Waals surface area contributed by atoms with Gasteiger partial charge in [0.05, 0.1) is 26.5 Å². The van der Waals surface area contributed by atoms with Gasteiger partial charge in [-0.25, -0.2) is 4.68 Å². The minimum absolute atomic E-state index is 0.179. The van der Waals surface area contributed by atoms with Crippen LogP contribution in [0, 0.1) is 0 Å². The van der Waals surface area contributed by atoms with Gasteiger partial charge in [-0.3, -0.25) is 9.78 Å². The molecule has 0 fully saturated rings. The van der Waals surface area contributed by atoms with Gasteiger partial charge in [0, 0.05) is 29.6 Å². The van der Waals surface area contributed by atoms with Crippen LogP contribution in [0.15, 0.2) is 83.9 Å². The number of methoxy groups -OCH3 is 2. The molecule has 0 aliphatic carbocycles. The molecular weight excluding hydrogens is 378 g/mol. The first-order valence-electron chi connectivity index (χ1n) is 9.48. The monoisotopic (exact) mass is 399 g/mol. The highest BCUT2D eigenvalue weighted by molar-refractivity contribution is 5.80. The number of benzene rings is 2. The van der Waals surface area contributed by atoms with Crippen molar-refractivity contribution in [2.75, 3.05) is 14.2 Å². The van der Waals surface area contributed by atoms with Gasteiger partial charge in [-0.05, 0) is 53.6 Å². The lowest BCUT2D eigenvalue weighted by atomic mass is 10.00. The molecule has 0 aliphatic rings. The van der Waals surface area contributed by atoms with E-state index in [1.54, 1.807) is 32.7 Å². The predicted molar refractivity (Wildman–Crippen MR) is 116 cm³/mol. The van der Waals surface area contributed by atoms with Crippen molar-refractivity contribution < 1.29 is 9.47 Å². The molecule has 6 nitrogen and oxygen atoms in total. The number of aromatic nitrogens is 3.